The lowest BCUT2D eigenvalue weighted by Crippen LogP contribution is -2.31. The molecule has 0 aliphatic carbocycles. The van der Waals surface area contributed by atoms with Crippen LogP contribution >= 0.6 is 0 Å². The summed E-state index contributed by atoms with van der Waals surface area (Å²) >= 11 is 0. The predicted octanol–water partition coefficient (Wildman–Crippen LogP) is 1.95. The Morgan fingerprint density at radius 2 is 2.04 bits per heavy atom. The highest BCUT2D eigenvalue weighted by Gasteiger charge is 2.28. The van der Waals surface area contributed by atoms with Gasteiger partial charge in [-0.15, -0.1) is 0 Å². The summed E-state index contributed by atoms with van der Waals surface area (Å²) in [5, 5.41) is 3.94. The third kappa shape index (κ3) is 3.59. The first kappa shape index (κ1) is 16.9. The van der Waals surface area contributed by atoms with Gasteiger partial charge in [0.25, 0.3) is 0 Å². The predicted molar refractivity (Wildman–Crippen MR) is 94.7 cm³/mol. The average molecular weight is 346 g/mol. The number of rotatable bonds is 4. The van der Waals surface area contributed by atoms with E-state index in [0.717, 1.165) is 27.7 Å². The molecule has 1 fully saturated rings. The van der Waals surface area contributed by atoms with E-state index >= 15 is 0 Å². The molecule has 0 bridgehead atoms. The maximum atomic E-state index is 12.3. The third-order valence-corrected chi connectivity index (χ3v) is 6.57. The molecule has 1 amide bonds. The van der Waals surface area contributed by atoms with Crippen LogP contribution in [0.2, 0.25) is 0 Å². The van der Waals surface area contributed by atoms with E-state index in [2.05, 4.69) is 10.3 Å². The van der Waals surface area contributed by atoms with Crippen LogP contribution in [0.25, 0.3) is 10.9 Å². The van der Waals surface area contributed by atoms with Crippen molar-refractivity contribution in [2.75, 3.05) is 18.1 Å². The second kappa shape index (κ2) is 6.51. The van der Waals surface area contributed by atoms with Gasteiger partial charge in [-0.1, -0.05) is 18.2 Å². The Bertz CT molecular complexity index is 891. The average Bonchev–Trinajstić information content (AvgIpc) is 2.88. The van der Waals surface area contributed by atoms with E-state index in [-0.39, 0.29) is 29.8 Å². The van der Waals surface area contributed by atoms with Crippen LogP contribution in [0.5, 0.6) is 0 Å². The van der Waals surface area contributed by atoms with E-state index in [1.54, 1.807) is 0 Å². The van der Waals surface area contributed by atoms with Crippen LogP contribution in [-0.2, 0) is 21.1 Å². The molecule has 0 radical (unpaired) electrons. The number of nitrogens with one attached hydrogen (secondary N) is 1. The molecule has 5 nitrogen and oxygen atoms in total. The van der Waals surface area contributed by atoms with Crippen molar-refractivity contribution in [1.29, 1.82) is 0 Å². The minimum Gasteiger partial charge on any atom is -0.356 e. The molecule has 24 heavy (non-hydrogen) atoms. The summed E-state index contributed by atoms with van der Waals surface area (Å²) in [5.41, 5.74) is 3.83. The number of nitrogens with zero attached hydrogens (tertiary/aromatic N) is 1. The van der Waals surface area contributed by atoms with Gasteiger partial charge in [-0.3, -0.25) is 9.78 Å². The second-order valence-electron chi connectivity index (χ2n) is 6.57. The molecule has 1 N–H and O–H groups in total. The fourth-order valence-corrected chi connectivity index (χ4v) is 5.21. The fourth-order valence-electron chi connectivity index (χ4n) is 3.35. The summed E-state index contributed by atoms with van der Waals surface area (Å²) in [4.78, 5) is 16.9. The fraction of sp³-hybridized carbons (Fsp3) is 0.444. The third-order valence-electron chi connectivity index (χ3n) is 4.74. The highest BCUT2D eigenvalue weighted by molar-refractivity contribution is 7.91. The number of carbonyl (C=O) groups is 1. The van der Waals surface area contributed by atoms with Gasteiger partial charge in [-0.25, -0.2) is 8.42 Å². The smallest absolute Gasteiger partial charge is 0.224 e. The Hall–Kier alpha value is -1.95. The van der Waals surface area contributed by atoms with Crippen molar-refractivity contribution >= 4 is 26.6 Å². The van der Waals surface area contributed by atoms with Gasteiger partial charge in [-0.2, -0.15) is 0 Å². The number of hydrogen-bond acceptors (Lipinski definition) is 4. The number of para-hydroxylation sites is 1. The van der Waals surface area contributed by atoms with Gasteiger partial charge in [0.05, 0.1) is 23.4 Å². The van der Waals surface area contributed by atoms with Crippen LogP contribution in [0.15, 0.2) is 24.3 Å². The lowest BCUT2D eigenvalue weighted by molar-refractivity contribution is -0.120. The van der Waals surface area contributed by atoms with Crippen molar-refractivity contribution < 1.29 is 13.2 Å². The van der Waals surface area contributed by atoms with Gasteiger partial charge in [0.1, 0.15) is 0 Å². The van der Waals surface area contributed by atoms with Crippen LogP contribution in [0.4, 0.5) is 0 Å². The number of fused-ring (bicyclic) bond motifs is 1. The maximum absolute atomic E-state index is 12.3. The number of carbonyl (C=O) groups excluding carboxylic acids is 1. The monoisotopic (exact) mass is 346 g/mol. The first-order valence-electron chi connectivity index (χ1n) is 8.17. The normalized spacial score (nSPS) is 19.5. The Labute approximate surface area is 142 Å². The van der Waals surface area contributed by atoms with Crippen molar-refractivity contribution in [3.63, 3.8) is 0 Å². The van der Waals surface area contributed by atoms with Crippen LogP contribution in [0, 0.1) is 19.8 Å². The molecule has 2 aromatic rings. The summed E-state index contributed by atoms with van der Waals surface area (Å²) in [6, 6.07) is 7.91. The Balaban J connectivity index is 1.69. The van der Waals surface area contributed by atoms with E-state index in [9.17, 15) is 13.2 Å². The molecule has 1 aromatic heterocycles. The highest BCUT2D eigenvalue weighted by Crippen LogP contribution is 2.23. The highest BCUT2D eigenvalue weighted by atomic mass is 32.2. The summed E-state index contributed by atoms with van der Waals surface area (Å²) < 4.78 is 22.9. The molecule has 1 saturated heterocycles. The molecule has 0 saturated carbocycles. The molecule has 1 aliphatic heterocycles. The zero-order valence-electron chi connectivity index (χ0n) is 14.0. The Morgan fingerprint density at radius 3 is 2.75 bits per heavy atom. The molecule has 0 unspecified atom stereocenters. The van der Waals surface area contributed by atoms with Crippen molar-refractivity contribution in [2.45, 2.75) is 26.7 Å². The van der Waals surface area contributed by atoms with Crippen molar-refractivity contribution in [3.8, 4) is 0 Å². The van der Waals surface area contributed by atoms with Crippen LogP contribution in [0.3, 0.4) is 0 Å². The van der Waals surface area contributed by atoms with E-state index in [0.29, 0.717) is 13.0 Å². The van der Waals surface area contributed by atoms with Gasteiger partial charge < -0.3 is 5.32 Å². The number of aromatic nitrogens is 1. The Morgan fingerprint density at radius 1 is 1.29 bits per heavy atom. The van der Waals surface area contributed by atoms with E-state index in [1.165, 1.54) is 0 Å². The summed E-state index contributed by atoms with van der Waals surface area (Å²) in [5.74, 6) is 0.377. The van der Waals surface area contributed by atoms with Gasteiger partial charge in [-0.05, 0) is 43.4 Å². The van der Waals surface area contributed by atoms with Gasteiger partial charge in [0.15, 0.2) is 9.84 Å². The zero-order valence-corrected chi connectivity index (χ0v) is 14.8. The minimum absolute atomic E-state index is 0.0378. The number of aryl methyl sites for hydroxylation is 2. The number of benzene rings is 1. The van der Waals surface area contributed by atoms with Crippen LogP contribution in [-0.4, -0.2) is 37.4 Å². The quantitative estimate of drug-likeness (QED) is 0.918. The molecular weight excluding hydrogens is 324 g/mol. The van der Waals surface area contributed by atoms with Gasteiger partial charge in [0, 0.05) is 17.6 Å². The lowest BCUT2D eigenvalue weighted by Gasteiger charge is -2.14. The van der Waals surface area contributed by atoms with Crippen molar-refractivity contribution in [1.82, 2.24) is 10.3 Å². The van der Waals surface area contributed by atoms with E-state index in [4.69, 9.17) is 0 Å². The SMILES string of the molecule is Cc1nc2ccccc2c(C)c1CC(=O)NC[C@H]1CCS(=O)(=O)C1. The molecule has 1 aliphatic rings. The molecular formula is C18H22N2O3S. The van der Waals surface area contributed by atoms with Crippen molar-refractivity contribution in [3.05, 3.63) is 41.1 Å². The number of sulfone groups is 1. The summed E-state index contributed by atoms with van der Waals surface area (Å²) in [6.45, 7) is 4.37. The summed E-state index contributed by atoms with van der Waals surface area (Å²) in [6.07, 6.45) is 0.910. The number of hydrogen-bond donors (Lipinski definition) is 1. The molecule has 2 heterocycles. The molecule has 6 heteroatoms. The lowest BCUT2D eigenvalue weighted by atomic mass is 9.99. The Kier molecular flexibility index (Phi) is 4.58. The minimum atomic E-state index is -2.90. The number of pyridine rings is 1. The topological polar surface area (TPSA) is 76.1 Å². The number of amides is 1. The summed E-state index contributed by atoms with van der Waals surface area (Å²) in [7, 11) is -2.90. The van der Waals surface area contributed by atoms with Crippen molar-refractivity contribution in [2.24, 2.45) is 5.92 Å². The van der Waals surface area contributed by atoms with E-state index in [1.807, 2.05) is 38.1 Å². The largest absolute Gasteiger partial charge is 0.356 e. The standard InChI is InChI=1S/C18H22N2O3S/c1-12-15-5-3-4-6-17(15)20-13(2)16(12)9-18(21)19-10-14-7-8-24(22,23)11-14/h3-6,14H,7-11H2,1-2H3,(H,19,21)/t14-/m1/s1. The molecule has 1 atom stereocenters. The van der Waals surface area contributed by atoms with E-state index < -0.39 is 9.84 Å². The molecule has 3 rings (SSSR count). The molecule has 1 aromatic carbocycles. The first-order valence-corrected chi connectivity index (χ1v) is 10.00. The maximum Gasteiger partial charge on any atom is 0.224 e. The second-order valence-corrected chi connectivity index (χ2v) is 8.80. The van der Waals surface area contributed by atoms with Gasteiger partial charge in [0.2, 0.25) is 5.91 Å². The van der Waals surface area contributed by atoms with Gasteiger partial charge >= 0.3 is 0 Å². The first-order chi connectivity index (χ1) is 11.4. The zero-order chi connectivity index (χ0) is 17.3. The van der Waals surface area contributed by atoms with Crippen LogP contribution < -0.4 is 5.32 Å². The van der Waals surface area contributed by atoms with Crippen LogP contribution in [0.1, 0.15) is 23.2 Å². The molecule has 128 valence electrons. The molecule has 0 spiro atoms.